The quantitative estimate of drug-likeness (QED) is 0.193. The maximum Gasteiger partial charge on any atom is 0.191 e. The minimum absolute atomic E-state index is 0. The van der Waals surface area contributed by atoms with E-state index >= 15 is 0 Å². The highest BCUT2D eigenvalue weighted by Crippen LogP contribution is 2.42. The van der Waals surface area contributed by atoms with Crippen molar-refractivity contribution in [2.45, 2.75) is 52.2 Å². The molecular weight excluding hydrogens is 469 g/mol. The first-order valence-corrected chi connectivity index (χ1v) is 11.1. The second-order valence-electron chi connectivity index (χ2n) is 7.21. The highest BCUT2D eigenvalue weighted by atomic mass is 127. The minimum atomic E-state index is -2.96. The molecule has 1 aliphatic carbocycles. The van der Waals surface area contributed by atoms with Crippen molar-refractivity contribution in [1.29, 1.82) is 0 Å². The molecule has 1 fully saturated rings. The number of hydrogen-bond acceptors (Lipinski definition) is 5. The Balaban J connectivity index is 0.00000625. The lowest BCUT2D eigenvalue weighted by Crippen LogP contribution is -2.63. The van der Waals surface area contributed by atoms with Gasteiger partial charge in [-0.3, -0.25) is 4.99 Å². The lowest BCUT2D eigenvalue weighted by molar-refractivity contribution is -0.113. The number of hydrogen-bond donors (Lipinski definition) is 2. The molecule has 9 heteroatoms. The van der Waals surface area contributed by atoms with E-state index in [2.05, 4.69) is 36.4 Å². The Kier molecular flexibility index (Phi) is 12.3. The first kappa shape index (κ1) is 25.9. The van der Waals surface area contributed by atoms with Crippen molar-refractivity contribution in [2.24, 2.45) is 10.4 Å². The Morgan fingerprint density at radius 1 is 1.27 bits per heavy atom. The van der Waals surface area contributed by atoms with Gasteiger partial charge in [0.25, 0.3) is 0 Å². The zero-order valence-corrected chi connectivity index (χ0v) is 19.9. The van der Waals surface area contributed by atoms with Crippen LogP contribution in [0.3, 0.4) is 0 Å². The first-order valence-electron chi connectivity index (χ1n) is 9.05. The number of ether oxygens (including phenoxy) is 2. The molecule has 0 spiro atoms. The molecule has 7 nitrogen and oxygen atoms in total. The number of unbranched alkanes of at least 4 members (excludes halogenated alkanes) is 1. The third-order valence-corrected chi connectivity index (χ3v) is 5.57. The molecule has 0 aromatic heterocycles. The van der Waals surface area contributed by atoms with Gasteiger partial charge in [-0.2, -0.15) is 0 Å². The third kappa shape index (κ3) is 9.18. The predicted molar refractivity (Wildman–Crippen MR) is 117 cm³/mol. The van der Waals surface area contributed by atoms with Crippen LogP contribution in [0.1, 0.15) is 40.0 Å². The molecule has 26 heavy (non-hydrogen) atoms. The summed E-state index contributed by atoms with van der Waals surface area (Å²) in [5, 5.41) is 6.63. The summed E-state index contributed by atoms with van der Waals surface area (Å²) in [4.78, 5) is 4.24. The van der Waals surface area contributed by atoms with Gasteiger partial charge in [-0.25, -0.2) is 8.42 Å². The number of guanidine groups is 1. The molecule has 1 saturated carbocycles. The van der Waals surface area contributed by atoms with Gasteiger partial charge in [0.2, 0.25) is 0 Å². The third-order valence-electron chi connectivity index (χ3n) is 4.67. The van der Waals surface area contributed by atoms with Gasteiger partial charge in [-0.05, 0) is 12.8 Å². The van der Waals surface area contributed by atoms with Gasteiger partial charge >= 0.3 is 0 Å². The van der Waals surface area contributed by atoms with Gasteiger partial charge in [0.15, 0.2) is 5.96 Å². The topological polar surface area (TPSA) is 89.0 Å². The van der Waals surface area contributed by atoms with Crippen molar-refractivity contribution >= 4 is 39.8 Å². The summed E-state index contributed by atoms with van der Waals surface area (Å²) in [7, 11) is -1.23. The largest absolute Gasteiger partial charge is 0.379 e. The van der Waals surface area contributed by atoms with E-state index < -0.39 is 9.84 Å². The van der Waals surface area contributed by atoms with E-state index in [4.69, 9.17) is 9.47 Å². The molecule has 2 atom stereocenters. The van der Waals surface area contributed by atoms with Crippen LogP contribution in [0.15, 0.2) is 4.99 Å². The van der Waals surface area contributed by atoms with Crippen molar-refractivity contribution in [1.82, 2.24) is 10.6 Å². The Labute approximate surface area is 176 Å². The molecule has 0 saturated heterocycles. The zero-order valence-electron chi connectivity index (χ0n) is 16.7. The number of nitrogens with zero attached hydrogens (tertiary/aromatic N) is 1. The number of sulfone groups is 1. The number of nitrogens with one attached hydrogen (secondary N) is 2. The monoisotopic (exact) mass is 505 g/mol. The molecule has 0 heterocycles. The number of aliphatic imine (C=N–C) groups is 1. The van der Waals surface area contributed by atoms with E-state index in [0.29, 0.717) is 19.2 Å². The summed E-state index contributed by atoms with van der Waals surface area (Å²) < 4.78 is 33.3. The van der Waals surface area contributed by atoms with E-state index in [1.54, 1.807) is 7.05 Å². The Hall–Kier alpha value is -0.130. The molecule has 0 aromatic carbocycles. The van der Waals surface area contributed by atoms with Gasteiger partial charge in [-0.1, -0.05) is 27.2 Å². The van der Waals surface area contributed by atoms with Crippen LogP contribution in [0.4, 0.5) is 0 Å². The second kappa shape index (κ2) is 12.4. The summed E-state index contributed by atoms with van der Waals surface area (Å²) in [6.07, 6.45) is 4.72. The Morgan fingerprint density at radius 3 is 2.50 bits per heavy atom. The molecule has 1 rings (SSSR count). The summed E-state index contributed by atoms with van der Waals surface area (Å²) >= 11 is 0. The molecule has 1 aliphatic rings. The minimum Gasteiger partial charge on any atom is -0.379 e. The van der Waals surface area contributed by atoms with Crippen LogP contribution in [0.2, 0.25) is 0 Å². The fourth-order valence-corrected chi connectivity index (χ4v) is 3.12. The normalized spacial score (nSPS) is 22.3. The zero-order chi connectivity index (χ0) is 18.9. The fourth-order valence-electron chi connectivity index (χ4n) is 2.70. The van der Waals surface area contributed by atoms with E-state index in [-0.39, 0.29) is 47.9 Å². The lowest BCUT2D eigenvalue weighted by Gasteiger charge is -2.52. The molecule has 0 aliphatic heterocycles. The van der Waals surface area contributed by atoms with Crippen molar-refractivity contribution in [2.75, 3.05) is 45.4 Å². The SMILES string of the molecule is CCCCOC1CC(NC(=NC)NCCOCCS(C)(=O)=O)C1(C)C.I. The summed E-state index contributed by atoms with van der Waals surface area (Å²) in [5.74, 6) is 0.784. The molecule has 2 N–H and O–H groups in total. The van der Waals surface area contributed by atoms with Crippen LogP contribution >= 0.6 is 24.0 Å². The highest BCUT2D eigenvalue weighted by Gasteiger charge is 2.49. The van der Waals surface area contributed by atoms with Crippen LogP contribution in [-0.4, -0.2) is 71.9 Å². The maximum atomic E-state index is 11.0. The average Bonchev–Trinajstić information content (AvgIpc) is 2.53. The molecular formula is C17H36IN3O4S. The van der Waals surface area contributed by atoms with Crippen molar-refractivity contribution in [3.63, 3.8) is 0 Å². The number of rotatable bonds is 11. The van der Waals surface area contributed by atoms with Crippen LogP contribution in [0, 0.1) is 5.41 Å². The van der Waals surface area contributed by atoms with E-state index in [9.17, 15) is 8.42 Å². The Morgan fingerprint density at radius 2 is 1.96 bits per heavy atom. The highest BCUT2D eigenvalue weighted by molar-refractivity contribution is 14.0. The second-order valence-corrected chi connectivity index (χ2v) is 9.47. The molecule has 0 amide bonds. The van der Waals surface area contributed by atoms with Gasteiger partial charge in [-0.15, -0.1) is 24.0 Å². The van der Waals surface area contributed by atoms with Crippen molar-refractivity contribution in [3.8, 4) is 0 Å². The summed E-state index contributed by atoms with van der Waals surface area (Å²) in [6.45, 7) is 8.66. The lowest BCUT2D eigenvalue weighted by atomic mass is 9.64. The van der Waals surface area contributed by atoms with Crippen molar-refractivity contribution in [3.05, 3.63) is 0 Å². The van der Waals surface area contributed by atoms with Gasteiger partial charge in [0.05, 0.1) is 25.1 Å². The van der Waals surface area contributed by atoms with Gasteiger partial charge in [0.1, 0.15) is 9.84 Å². The summed E-state index contributed by atoms with van der Waals surface area (Å²) in [6, 6.07) is 0.316. The van der Waals surface area contributed by atoms with Crippen molar-refractivity contribution < 1.29 is 17.9 Å². The predicted octanol–water partition coefficient (Wildman–Crippen LogP) is 1.81. The molecule has 0 bridgehead atoms. The van der Waals surface area contributed by atoms with Crippen LogP contribution in [0.5, 0.6) is 0 Å². The van der Waals surface area contributed by atoms with E-state index in [0.717, 1.165) is 31.8 Å². The smallest absolute Gasteiger partial charge is 0.191 e. The molecule has 2 unspecified atom stereocenters. The van der Waals surface area contributed by atoms with Crippen LogP contribution < -0.4 is 10.6 Å². The van der Waals surface area contributed by atoms with Crippen LogP contribution in [-0.2, 0) is 19.3 Å². The average molecular weight is 505 g/mol. The van der Waals surface area contributed by atoms with Gasteiger partial charge < -0.3 is 20.1 Å². The molecule has 0 radical (unpaired) electrons. The standard InChI is InChI=1S/C17H35N3O4S.HI/c1-6-7-9-24-15-13-14(17(15,2)3)20-16(18-4)19-8-10-23-11-12-25(5,21)22;/h14-15H,6-13H2,1-5H3,(H2,18,19,20);1H. The summed E-state index contributed by atoms with van der Waals surface area (Å²) in [5.41, 5.74) is 0.0668. The van der Waals surface area contributed by atoms with Crippen LogP contribution in [0.25, 0.3) is 0 Å². The Bertz CT molecular complexity index is 526. The first-order chi connectivity index (χ1) is 11.7. The fraction of sp³-hybridized carbons (Fsp3) is 0.941. The number of halogens is 1. The van der Waals surface area contributed by atoms with E-state index in [1.807, 2.05) is 0 Å². The molecule has 0 aromatic rings. The van der Waals surface area contributed by atoms with Gasteiger partial charge in [0, 0.05) is 37.9 Å². The van der Waals surface area contributed by atoms with E-state index in [1.165, 1.54) is 6.26 Å². The molecule has 156 valence electrons. The maximum absolute atomic E-state index is 11.0.